The van der Waals surface area contributed by atoms with E-state index in [-0.39, 0.29) is 24.0 Å². The Morgan fingerprint density at radius 1 is 1.07 bits per heavy atom. The number of aromatic nitrogens is 4. The molecule has 0 atom stereocenters. The van der Waals surface area contributed by atoms with Gasteiger partial charge in [0.15, 0.2) is 5.65 Å². The fourth-order valence-corrected chi connectivity index (χ4v) is 3.51. The van der Waals surface area contributed by atoms with Gasteiger partial charge in [-0.3, -0.25) is 4.79 Å². The second-order valence-electron chi connectivity index (χ2n) is 5.96. The van der Waals surface area contributed by atoms with Crippen molar-refractivity contribution < 1.29 is 9.18 Å². The molecule has 6 nitrogen and oxygen atoms in total. The molecular weight excluding hydrogens is 377 g/mol. The van der Waals surface area contributed by atoms with E-state index in [2.05, 4.69) is 20.4 Å². The Hall–Kier alpha value is -3.26. The molecule has 0 radical (unpaired) electrons. The molecule has 28 heavy (non-hydrogen) atoms. The zero-order chi connectivity index (χ0) is 19.3. The van der Waals surface area contributed by atoms with Gasteiger partial charge in [0, 0.05) is 12.1 Å². The molecule has 2 aromatic carbocycles. The first-order chi connectivity index (χ1) is 13.7. The molecule has 1 N–H and O–H groups in total. The largest absolute Gasteiger partial charge is 0.351 e. The van der Waals surface area contributed by atoms with Crippen LogP contribution in [0.25, 0.3) is 16.7 Å². The van der Waals surface area contributed by atoms with Crippen molar-refractivity contribution in [1.82, 2.24) is 25.1 Å². The SMILES string of the molecule is O=C(CSc1ncnc2c1cnn2-c1ccccc1)NCc1ccccc1F. The number of nitrogens with zero attached hydrogens (tertiary/aromatic N) is 4. The summed E-state index contributed by atoms with van der Waals surface area (Å²) in [5.74, 6) is -0.367. The van der Waals surface area contributed by atoms with Crippen molar-refractivity contribution in [3.05, 3.63) is 78.5 Å². The number of thioether (sulfide) groups is 1. The van der Waals surface area contributed by atoms with E-state index in [1.54, 1.807) is 29.1 Å². The molecule has 0 bridgehead atoms. The second kappa shape index (κ2) is 8.18. The lowest BCUT2D eigenvalue weighted by molar-refractivity contribution is -0.118. The molecule has 0 aliphatic heterocycles. The zero-order valence-electron chi connectivity index (χ0n) is 14.7. The van der Waals surface area contributed by atoms with E-state index < -0.39 is 0 Å². The second-order valence-corrected chi connectivity index (χ2v) is 6.93. The molecule has 0 saturated carbocycles. The van der Waals surface area contributed by atoms with E-state index in [4.69, 9.17) is 0 Å². The summed E-state index contributed by atoms with van der Waals surface area (Å²) in [6.45, 7) is 0.150. The molecule has 0 saturated heterocycles. The third kappa shape index (κ3) is 3.86. The number of hydrogen-bond acceptors (Lipinski definition) is 5. The third-order valence-corrected chi connectivity index (χ3v) is 5.11. The molecule has 2 aromatic heterocycles. The van der Waals surface area contributed by atoms with Crippen LogP contribution < -0.4 is 5.32 Å². The predicted molar refractivity (Wildman–Crippen MR) is 106 cm³/mol. The van der Waals surface area contributed by atoms with Crippen molar-refractivity contribution >= 4 is 28.7 Å². The number of rotatable bonds is 6. The van der Waals surface area contributed by atoms with Crippen molar-refractivity contribution in [2.75, 3.05) is 5.75 Å². The van der Waals surface area contributed by atoms with Crippen LogP contribution in [0.4, 0.5) is 4.39 Å². The highest BCUT2D eigenvalue weighted by Crippen LogP contribution is 2.25. The average Bonchev–Trinajstić information content (AvgIpc) is 3.17. The standard InChI is InChI=1S/C20H16FN5OS/c21-17-9-5-4-6-14(17)10-22-18(27)12-28-20-16-11-25-26(19(16)23-13-24-20)15-7-2-1-3-8-15/h1-9,11,13H,10,12H2,(H,22,27). The maximum Gasteiger partial charge on any atom is 0.230 e. The van der Waals surface area contributed by atoms with Gasteiger partial charge in [0.1, 0.15) is 17.2 Å². The number of benzene rings is 2. The predicted octanol–water partition coefficient (Wildman–Crippen LogP) is 3.36. The molecule has 1 amide bonds. The van der Waals surface area contributed by atoms with Crippen molar-refractivity contribution in [2.45, 2.75) is 11.6 Å². The Morgan fingerprint density at radius 2 is 1.86 bits per heavy atom. The lowest BCUT2D eigenvalue weighted by atomic mass is 10.2. The molecule has 4 rings (SSSR count). The summed E-state index contributed by atoms with van der Waals surface area (Å²) < 4.78 is 15.4. The van der Waals surface area contributed by atoms with Crippen LogP contribution in [-0.2, 0) is 11.3 Å². The normalized spacial score (nSPS) is 10.9. The summed E-state index contributed by atoms with van der Waals surface area (Å²) in [7, 11) is 0. The average molecular weight is 393 g/mol. The summed E-state index contributed by atoms with van der Waals surface area (Å²) in [4.78, 5) is 20.7. The van der Waals surface area contributed by atoms with E-state index in [0.717, 1.165) is 11.1 Å². The van der Waals surface area contributed by atoms with E-state index in [9.17, 15) is 9.18 Å². The summed E-state index contributed by atoms with van der Waals surface area (Å²) in [6, 6.07) is 16.1. The van der Waals surface area contributed by atoms with Gasteiger partial charge in [0.25, 0.3) is 0 Å². The Labute approximate surface area is 164 Å². The van der Waals surface area contributed by atoms with Gasteiger partial charge in [-0.15, -0.1) is 0 Å². The van der Waals surface area contributed by atoms with Crippen LogP contribution >= 0.6 is 11.8 Å². The Balaban J connectivity index is 1.44. The molecule has 2 heterocycles. The molecular formula is C20H16FN5OS. The van der Waals surface area contributed by atoms with Crippen molar-refractivity contribution in [3.8, 4) is 5.69 Å². The van der Waals surface area contributed by atoms with E-state index >= 15 is 0 Å². The lowest BCUT2D eigenvalue weighted by Crippen LogP contribution is -2.25. The number of carbonyl (C=O) groups is 1. The van der Waals surface area contributed by atoms with Gasteiger partial charge >= 0.3 is 0 Å². The van der Waals surface area contributed by atoms with Gasteiger partial charge in [-0.1, -0.05) is 48.2 Å². The lowest BCUT2D eigenvalue weighted by Gasteiger charge is -2.06. The first-order valence-electron chi connectivity index (χ1n) is 8.59. The number of carbonyl (C=O) groups excluding carboxylic acids is 1. The van der Waals surface area contributed by atoms with Gasteiger partial charge in [0.2, 0.25) is 5.91 Å². The minimum absolute atomic E-state index is 0.150. The number of hydrogen-bond donors (Lipinski definition) is 1. The summed E-state index contributed by atoms with van der Waals surface area (Å²) in [5.41, 5.74) is 2.03. The molecule has 140 valence electrons. The summed E-state index contributed by atoms with van der Waals surface area (Å²) in [5, 5.41) is 8.57. The number of para-hydroxylation sites is 1. The molecule has 0 fully saturated rings. The van der Waals surface area contributed by atoms with Crippen LogP contribution in [-0.4, -0.2) is 31.4 Å². The number of nitrogens with one attached hydrogen (secondary N) is 1. The Kier molecular flexibility index (Phi) is 5.29. The van der Waals surface area contributed by atoms with Crippen molar-refractivity contribution in [1.29, 1.82) is 0 Å². The molecule has 8 heteroatoms. The van der Waals surface area contributed by atoms with Gasteiger partial charge in [-0.25, -0.2) is 19.0 Å². The smallest absolute Gasteiger partial charge is 0.230 e. The minimum Gasteiger partial charge on any atom is -0.351 e. The Morgan fingerprint density at radius 3 is 2.68 bits per heavy atom. The molecule has 4 aromatic rings. The van der Waals surface area contributed by atoms with E-state index in [0.29, 0.717) is 16.2 Å². The highest BCUT2D eigenvalue weighted by molar-refractivity contribution is 8.00. The molecule has 0 spiro atoms. The van der Waals surface area contributed by atoms with Gasteiger partial charge in [0.05, 0.1) is 23.0 Å². The number of amides is 1. The fourth-order valence-electron chi connectivity index (χ4n) is 2.72. The van der Waals surface area contributed by atoms with Crippen molar-refractivity contribution in [2.24, 2.45) is 0 Å². The highest BCUT2D eigenvalue weighted by atomic mass is 32.2. The van der Waals surface area contributed by atoms with Crippen LogP contribution in [0.2, 0.25) is 0 Å². The fraction of sp³-hybridized carbons (Fsp3) is 0.100. The van der Waals surface area contributed by atoms with Gasteiger partial charge in [-0.05, 0) is 18.2 Å². The van der Waals surface area contributed by atoms with E-state index in [1.165, 1.54) is 24.2 Å². The number of halogens is 1. The van der Waals surface area contributed by atoms with Crippen LogP contribution in [0.3, 0.4) is 0 Å². The van der Waals surface area contributed by atoms with E-state index in [1.807, 2.05) is 30.3 Å². The first-order valence-corrected chi connectivity index (χ1v) is 9.58. The maximum atomic E-state index is 13.6. The van der Waals surface area contributed by atoms with Crippen LogP contribution in [0, 0.1) is 5.82 Å². The van der Waals surface area contributed by atoms with Crippen molar-refractivity contribution in [3.63, 3.8) is 0 Å². The van der Waals surface area contributed by atoms with Crippen LogP contribution in [0.15, 0.2) is 72.1 Å². The monoisotopic (exact) mass is 393 g/mol. The third-order valence-electron chi connectivity index (χ3n) is 4.10. The zero-order valence-corrected chi connectivity index (χ0v) is 15.6. The van der Waals surface area contributed by atoms with Gasteiger partial charge < -0.3 is 5.32 Å². The summed E-state index contributed by atoms with van der Waals surface area (Å²) in [6.07, 6.45) is 3.16. The number of fused-ring (bicyclic) bond motifs is 1. The summed E-state index contributed by atoms with van der Waals surface area (Å²) >= 11 is 1.30. The topological polar surface area (TPSA) is 72.7 Å². The van der Waals surface area contributed by atoms with Crippen LogP contribution in [0.1, 0.15) is 5.56 Å². The molecule has 0 aliphatic rings. The first kappa shape index (κ1) is 18.1. The quantitative estimate of drug-likeness (QED) is 0.402. The van der Waals surface area contributed by atoms with Gasteiger partial charge in [-0.2, -0.15) is 5.10 Å². The Bertz CT molecular complexity index is 1120. The molecule has 0 aliphatic carbocycles. The minimum atomic E-state index is -0.332. The van der Waals surface area contributed by atoms with Crippen LogP contribution in [0.5, 0.6) is 0 Å². The molecule has 0 unspecified atom stereocenters. The highest BCUT2D eigenvalue weighted by Gasteiger charge is 2.13. The maximum absolute atomic E-state index is 13.6.